The third kappa shape index (κ3) is 4.70. The normalized spacial score (nSPS) is 15.0. The molecule has 8 heteroatoms. The Morgan fingerprint density at radius 1 is 1.23 bits per heavy atom. The van der Waals surface area contributed by atoms with Crippen LogP contribution in [0.3, 0.4) is 0 Å². The number of imidazole rings is 1. The summed E-state index contributed by atoms with van der Waals surface area (Å²) >= 11 is 0. The van der Waals surface area contributed by atoms with Gasteiger partial charge in [-0.1, -0.05) is 29.8 Å². The summed E-state index contributed by atoms with van der Waals surface area (Å²) in [6.45, 7) is 7.77. The topological polar surface area (TPSA) is 76.8 Å². The summed E-state index contributed by atoms with van der Waals surface area (Å²) in [5, 5.41) is 4.60. The Balaban J connectivity index is 1.71. The molecule has 2 aromatic heterocycles. The Bertz CT molecular complexity index is 1090. The minimum atomic E-state index is 0.620. The van der Waals surface area contributed by atoms with Crippen LogP contribution in [-0.2, 0) is 22.9 Å². The highest BCUT2D eigenvalue weighted by Crippen LogP contribution is 2.29. The van der Waals surface area contributed by atoms with Crippen LogP contribution in [0.5, 0.6) is 0 Å². The minimum absolute atomic E-state index is 0.620. The van der Waals surface area contributed by atoms with Crippen molar-refractivity contribution in [1.29, 1.82) is 0 Å². The van der Waals surface area contributed by atoms with E-state index in [1.165, 1.54) is 5.56 Å². The number of aromatic nitrogens is 3. The number of fused-ring (bicyclic) bond motifs is 1. The van der Waals surface area contributed by atoms with Crippen LogP contribution in [0.4, 0.5) is 11.5 Å². The number of pyridine rings is 1. The molecule has 3 heterocycles. The van der Waals surface area contributed by atoms with Gasteiger partial charge in [-0.15, -0.1) is 0 Å². The number of hydrogen-bond donors (Lipinski definition) is 1. The fourth-order valence-corrected chi connectivity index (χ4v) is 3.77. The molecule has 1 fully saturated rings. The predicted octanol–water partition coefficient (Wildman–Crippen LogP) is 3.14. The Labute approximate surface area is 182 Å². The average Bonchev–Trinajstić information content (AvgIpc) is 3.11. The summed E-state index contributed by atoms with van der Waals surface area (Å²) in [5.74, 6) is 1.65. The van der Waals surface area contributed by atoms with Gasteiger partial charge in [-0.05, 0) is 19.4 Å². The van der Waals surface area contributed by atoms with Crippen LogP contribution >= 0.6 is 0 Å². The monoisotopic (exact) mass is 422 g/mol. The van der Waals surface area contributed by atoms with Crippen molar-refractivity contribution in [3.8, 4) is 0 Å². The van der Waals surface area contributed by atoms with Gasteiger partial charge in [-0.2, -0.15) is 5.10 Å². The second kappa shape index (κ2) is 9.45. The van der Waals surface area contributed by atoms with Gasteiger partial charge in [0.25, 0.3) is 0 Å². The SMILES string of the molecule is COCCc1nc2c(N3CCOCC3)cc(N/N=C(\C)c3cccc(C)c3)nc2n1C. The summed E-state index contributed by atoms with van der Waals surface area (Å²) in [7, 11) is 3.71. The molecule has 1 aliphatic rings. The zero-order valence-electron chi connectivity index (χ0n) is 18.7. The maximum absolute atomic E-state index is 5.55. The molecule has 164 valence electrons. The smallest absolute Gasteiger partial charge is 0.164 e. The van der Waals surface area contributed by atoms with Crippen LogP contribution in [0, 0.1) is 6.92 Å². The summed E-state index contributed by atoms with van der Waals surface area (Å²) < 4.78 is 12.8. The first-order chi connectivity index (χ1) is 15.1. The van der Waals surface area contributed by atoms with Gasteiger partial charge in [0.1, 0.15) is 11.3 Å². The number of anilines is 2. The predicted molar refractivity (Wildman–Crippen MR) is 124 cm³/mol. The Hall–Kier alpha value is -2.97. The van der Waals surface area contributed by atoms with Crippen LogP contribution in [0.25, 0.3) is 11.2 Å². The van der Waals surface area contributed by atoms with E-state index >= 15 is 0 Å². The quantitative estimate of drug-likeness (QED) is 0.466. The zero-order valence-corrected chi connectivity index (χ0v) is 18.7. The summed E-state index contributed by atoms with van der Waals surface area (Å²) in [6, 6.07) is 10.3. The number of hydrazone groups is 1. The Morgan fingerprint density at radius 3 is 2.77 bits per heavy atom. The number of aryl methyl sites for hydroxylation is 2. The van der Waals surface area contributed by atoms with Crippen molar-refractivity contribution in [1.82, 2.24) is 14.5 Å². The van der Waals surface area contributed by atoms with E-state index in [1.807, 2.05) is 30.7 Å². The van der Waals surface area contributed by atoms with E-state index in [4.69, 9.17) is 19.4 Å². The molecule has 0 unspecified atom stereocenters. The average molecular weight is 423 g/mol. The Morgan fingerprint density at radius 2 is 2.03 bits per heavy atom. The van der Waals surface area contributed by atoms with Crippen molar-refractivity contribution in [2.45, 2.75) is 20.3 Å². The molecule has 0 amide bonds. The molecule has 31 heavy (non-hydrogen) atoms. The zero-order chi connectivity index (χ0) is 21.8. The highest BCUT2D eigenvalue weighted by molar-refractivity contribution is 5.99. The van der Waals surface area contributed by atoms with Crippen molar-refractivity contribution < 1.29 is 9.47 Å². The number of nitrogens with one attached hydrogen (secondary N) is 1. The largest absolute Gasteiger partial charge is 0.384 e. The lowest BCUT2D eigenvalue weighted by Crippen LogP contribution is -2.36. The van der Waals surface area contributed by atoms with Crippen LogP contribution in [0.1, 0.15) is 23.9 Å². The molecule has 4 rings (SSSR count). The molecule has 3 aromatic rings. The molecule has 0 aliphatic carbocycles. The second-order valence-corrected chi connectivity index (χ2v) is 7.81. The molecule has 0 spiro atoms. The van der Waals surface area contributed by atoms with Crippen molar-refractivity contribution in [2.75, 3.05) is 50.3 Å². The van der Waals surface area contributed by atoms with Gasteiger partial charge in [0.2, 0.25) is 0 Å². The van der Waals surface area contributed by atoms with E-state index < -0.39 is 0 Å². The number of rotatable bonds is 7. The molecule has 0 saturated carbocycles. The van der Waals surface area contributed by atoms with Crippen LogP contribution in [0.15, 0.2) is 35.4 Å². The molecule has 1 N–H and O–H groups in total. The van der Waals surface area contributed by atoms with Crippen molar-refractivity contribution in [3.63, 3.8) is 0 Å². The first kappa shape index (κ1) is 21.3. The van der Waals surface area contributed by atoms with Gasteiger partial charge < -0.3 is 18.9 Å². The van der Waals surface area contributed by atoms with E-state index in [0.717, 1.165) is 53.5 Å². The van der Waals surface area contributed by atoms with Gasteiger partial charge in [0.15, 0.2) is 11.5 Å². The van der Waals surface area contributed by atoms with Crippen molar-refractivity contribution >= 4 is 28.4 Å². The lowest BCUT2D eigenvalue weighted by atomic mass is 10.1. The number of morpholine rings is 1. The number of nitrogens with zero attached hydrogens (tertiary/aromatic N) is 5. The summed E-state index contributed by atoms with van der Waals surface area (Å²) in [5.41, 5.74) is 9.16. The second-order valence-electron chi connectivity index (χ2n) is 7.81. The molecule has 1 aliphatic heterocycles. The van der Waals surface area contributed by atoms with E-state index in [-0.39, 0.29) is 0 Å². The lowest BCUT2D eigenvalue weighted by Gasteiger charge is -2.29. The molecule has 0 bridgehead atoms. The lowest BCUT2D eigenvalue weighted by molar-refractivity contribution is 0.123. The molecule has 8 nitrogen and oxygen atoms in total. The van der Waals surface area contributed by atoms with Gasteiger partial charge in [-0.25, -0.2) is 9.97 Å². The Kier molecular flexibility index (Phi) is 6.48. The standard InChI is InChI=1S/C23H30N6O2/c1-16-6-5-7-18(14-16)17(2)26-27-20-15-19(29-9-12-31-13-10-29)22-23(24-20)28(3)21(25-22)8-11-30-4/h5-7,14-15H,8-13H2,1-4H3,(H,24,27)/b26-17+. The van der Waals surface area contributed by atoms with Gasteiger partial charge >= 0.3 is 0 Å². The summed E-state index contributed by atoms with van der Waals surface area (Å²) in [4.78, 5) is 12.0. The maximum Gasteiger partial charge on any atom is 0.164 e. The third-order valence-corrected chi connectivity index (χ3v) is 5.56. The van der Waals surface area contributed by atoms with E-state index in [0.29, 0.717) is 25.6 Å². The molecule has 1 saturated heterocycles. The van der Waals surface area contributed by atoms with Gasteiger partial charge in [0, 0.05) is 39.7 Å². The molecule has 1 aromatic carbocycles. The fourth-order valence-electron chi connectivity index (χ4n) is 3.77. The first-order valence-corrected chi connectivity index (χ1v) is 10.6. The maximum atomic E-state index is 5.55. The van der Waals surface area contributed by atoms with Crippen LogP contribution < -0.4 is 10.3 Å². The first-order valence-electron chi connectivity index (χ1n) is 10.6. The van der Waals surface area contributed by atoms with Gasteiger partial charge in [-0.3, -0.25) is 5.43 Å². The third-order valence-electron chi connectivity index (χ3n) is 5.56. The van der Waals surface area contributed by atoms with Gasteiger partial charge in [0.05, 0.1) is 31.2 Å². The van der Waals surface area contributed by atoms with E-state index in [2.05, 4.69) is 40.5 Å². The highest BCUT2D eigenvalue weighted by Gasteiger charge is 2.20. The summed E-state index contributed by atoms with van der Waals surface area (Å²) in [6.07, 6.45) is 0.735. The van der Waals surface area contributed by atoms with Crippen molar-refractivity contribution in [3.05, 3.63) is 47.3 Å². The number of hydrogen-bond acceptors (Lipinski definition) is 7. The molecule has 0 atom stereocenters. The van der Waals surface area contributed by atoms with E-state index in [1.54, 1.807) is 7.11 Å². The van der Waals surface area contributed by atoms with Crippen LogP contribution in [-0.4, -0.2) is 60.3 Å². The fraction of sp³-hybridized carbons (Fsp3) is 0.435. The molecule has 0 radical (unpaired) electrons. The highest BCUT2D eigenvalue weighted by atomic mass is 16.5. The molecular weight excluding hydrogens is 392 g/mol. The number of ether oxygens (including phenoxy) is 2. The number of methoxy groups -OCH3 is 1. The minimum Gasteiger partial charge on any atom is -0.384 e. The number of benzene rings is 1. The van der Waals surface area contributed by atoms with E-state index in [9.17, 15) is 0 Å². The molecular formula is C23H30N6O2. The van der Waals surface area contributed by atoms with Crippen LogP contribution in [0.2, 0.25) is 0 Å². The van der Waals surface area contributed by atoms with Crippen molar-refractivity contribution in [2.24, 2.45) is 12.1 Å².